The summed E-state index contributed by atoms with van der Waals surface area (Å²) >= 11 is 1.25. The second kappa shape index (κ2) is 7.88. The molecule has 0 spiro atoms. The highest BCUT2D eigenvalue weighted by molar-refractivity contribution is 8.18. The summed E-state index contributed by atoms with van der Waals surface area (Å²) in [5.74, 6) is 0.112. The number of ether oxygens (including phenoxy) is 2. The van der Waals surface area contributed by atoms with Crippen LogP contribution in [-0.4, -0.2) is 31.3 Å². The number of methoxy groups -OCH3 is 2. The molecule has 7 heteroatoms. The largest absolute Gasteiger partial charge is 0.497 e. The van der Waals surface area contributed by atoms with Crippen molar-refractivity contribution in [2.75, 3.05) is 14.2 Å². The van der Waals surface area contributed by atoms with E-state index in [2.05, 4.69) is 15.0 Å². The Morgan fingerprint density at radius 3 is 2.62 bits per heavy atom. The molecule has 1 N–H and O–H groups in total. The fraction of sp³-hybridized carbons (Fsp3) is 0.105. The molecule has 1 amide bonds. The zero-order valence-electron chi connectivity index (χ0n) is 14.2. The van der Waals surface area contributed by atoms with Crippen LogP contribution >= 0.6 is 11.8 Å². The number of amides is 1. The predicted molar refractivity (Wildman–Crippen MR) is 102 cm³/mol. The number of nitrogens with one attached hydrogen (secondary N) is 1. The summed E-state index contributed by atoms with van der Waals surface area (Å²) in [6, 6.07) is 14.1. The van der Waals surface area contributed by atoms with Crippen LogP contribution in [0.5, 0.6) is 5.75 Å². The lowest BCUT2D eigenvalue weighted by Gasteiger charge is -2.00. The van der Waals surface area contributed by atoms with Crippen LogP contribution in [0.25, 0.3) is 6.08 Å². The first kappa shape index (κ1) is 17.8. The number of esters is 1. The van der Waals surface area contributed by atoms with Crippen molar-refractivity contribution >= 4 is 40.6 Å². The monoisotopic (exact) mass is 368 g/mol. The van der Waals surface area contributed by atoms with Crippen LogP contribution in [0.4, 0.5) is 5.69 Å². The summed E-state index contributed by atoms with van der Waals surface area (Å²) in [7, 11) is 2.93. The molecule has 1 heterocycles. The van der Waals surface area contributed by atoms with Crippen molar-refractivity contribution in [1.29, 1.82) is 0 Å². The lowest BCUT2D eigenvalue weighted by Crippen LogP contribution is -2.19. The Morgan fingerprint density at radius 1 is 1.15 bits per heavy atom. The molecule has 6 nitrogen and oxygen atoms in total. The summed E-state index contributed by atoms with van der Waals surface area (Å²) in [5.41, 5.74) is 1.94. The normalized spacial score (nSPS) is 16.6. The van der Waals surface area contributed by atoms with E-state index < -0.39 is 5.97 Å². The molecule has 0 atom stereocenters. The summed E-state index contributed by atoms with van der Waals surface area (Å²) in [6.07, 6.45) is 1.78. The Bertz CT molecular complexity index is 904. The molecule has 2 aromatic carbocycles. The maximum atomic E-state index is 12.1. The van der Waals surface area contributed by atoms with Crippen molar-refractivity contribution in [2.24, 2.45) is 4.99 Å². The van der Waals surface area contributed by atoms with Gasteiger partial charge in [0.15, 0.2) is 5.17 Å². The molecule has 1 fully saturated rings. The quantitative estimate of drug-likeness (QED) is 0.661. The van der Waals surface area contributed by atoms with Crippen molar-refractivity contribution in [1.82, 2.24) is 5.32 Å². The first-order chi connectivity index (χ1) is 12.6. The van der Waals surface area contributed by atoms with Crippen molar-refractivity contribution in [2.45, 2.75) is 0 Å². The second-order valence-electron chi connectivity index (χ2n) is 5.30. The minimum absolute atomic E-state index is 0.206. The summed E-state index contributed by atoms with van der Waals surface area (Å²) in [6.45, 7) is 0. The smallest absolute Gasteiger partial charge is 0.337 e. The van der Waals surface area contributed by atoms with Gasteiger partial charge in [0.05, 0.1) is 30.4 Å². The maximum Gasteiger partial charge on any atom is 0.337 e. The summed E-state index contributed by atoms with van der Waals surface area (Å²) in [5, 5.41) is 3.21. The van der Waals surface area contributed by atoms with Crippen LogP contribution in [0.1, 0.15) is 15.9 Å². The van der Waals surface area contributed by atoms with E-state index in [4.69, 9.17) is 4.74 Å². The third-order valence-corrected chi connectivity index (χ3v) is 4.47. The molecule has 1 aliphatic rings. The van der Waals surface area contributed by atoms with Gasteiger partial charge in [0, 0.05) is 0 Å². The third kappa shape index (κ3) is 4.12. The second-order valence-corrected chi connectivity index (χ2v) is 6.33. The number of aliphatic imine (C=N–C) groups is 1. The van der Waals surface area contributed by atoms with E-state index in [1.165, 1.54) is 18.9 Å². The van der Waals surface area contributed by atoms with Crippen LogP contribution in [-0.2, 0) is 9.53 Å². The molecule has 0 unspecified atom stereocenters. The topological polar surface area (TPSA) is 77.0 Å². The molecule has 2 aromatic rings. The summed E-state index contributed by atoms with van der Waals surface area (Å²) < 4.78 is 9.85. The van der Waals surface area contributed by atoms with Crippen molar-refractivity contribution < 1.29 is 19.1 Å². The number of thioether (sulfide) groups is 1. The number of rotatable bonds is 4. The number of amidine groups is 1. The van der Waals surface area contributed by atoms with E-state index >= 15 is 0 Å². The molecule has 0 radical (unpaired) electrons. The average molecular weight is 368 g/mol. The Balaban J connectivity index is 1.77. The molecule has 3 rings (SSSR count). The van der Waals surface area contributed by atoms with E-state index in [0.717, 1.165) is 11.3 Å². The molecule has 1 aliphatic heterocycles. The molecular formula is C19H16N2O4S. The lowest BCUT2D eigenvalue weighted by molar-refractivity contribution is -0.115. The standard InChI is InChI=1S/C19H16N2O4S/c1-24-15-5-3-4-12(10-15)11-16-17(22)21-19(26-16)20-14-8-6-13(7-9-14)18(23)25-2/h3-11H,1-2H3,(H,20,21,22)/b16-11+. The Labute approximate surface area is 154 Å². The molecule has 1 saturated heterocycles. The van der Waals surface area contributed by atoms with Gasteiger partial charge in [-0.15, -0.1) is 0 Å². The lowest BCUT2D eigenvalue weighted by atomic mass is 10.2. The highest BCUT2D eigenvalue weighted by atomic mass is 32.2. The number of hydrogen-bond acceptors (Lipinski definition) is 6. The average Bonchev–Trinajstić information content (AvgIpc) is 3.00. The Morgan fingerprint density at radius 2 is 1.92 bits per heavy atom. The number of nitrogens with zero attached hydrogens (tertiary/aromatic N) is 1. The van der Waals surface area contributed by atoms with Gasteiger partial charge in [-0.05, 0) is 59.8 Å². The van der Waals surface area contributed by atoms with Gasteiger partial charge >= 0.3 is 5.97 Å². The van der Waals surface area contributed by atoms with Gasteiger partial charge in [-0.1, -0.05) is 12.1 Å². The van der Waals surface area contributed by atoms with E-state index in [1.54, 1.807) is 37.5 Å². The number of carbonyl (C=O) groups excluding carboxylic acids is 2. The maximum absolute atomic E-state index is 12.1. The van der Waals surface area contributed by atoms with Crippen molar-refractivity contribution in [3.63, 3.8) is 0 Å². The zero-order valence-corrected chi connectivity index (χ0v) is 15.0. The van der Waals surface area contributed by atoms with Gasteiger partial charge in [-0.3, -0.25) is 4.79 Å². The minimum Gasteiger partial charge on any atom is -0.497 e. The van der Waals surface area contributed by atoms with Crippen LogP contribution in [0.3, 0.4) is 0 Å². The molecule has 0 saturated carbocycles. The SMILES string of the molecule is COC(=O)c1ccc(N=C2NC(=O)/C(=C\c3cccc(OC)c3)S2)cc1. The third-order valence-electron chi connectivity index (χ3n) is 3.56. The van der Waals surface area contributed by atoms with Gasteiger partial charge in [0.25, 0.3) is 5.91 Å². The first-order valence-electron chi connectivity index (χ1n) is 7.71. The molecule has 132 valence electrons. The van der Waals surface area contributed by atoms with E-state index in [-0.39, 0.29) is 5.91 Å². The summed E-state index contributed by atoms with van der Waals surface area (Å²) in [4.78, 5) is 28.5. The van der Waals surface area contributed by atoms with Gasteiger partial charge in [-0.2, -0.15) is 0 Å². The minimum atomic E-state index is -0.406. The fourth-order valence-corrected chi connectivity index (χ4v) is 3.11. The van der Waals surface area contributed by atoms with Crippen LogP contribution in [0, 0.1) is 0 Å². The predicted octanol–water partition coefficient (Wildman–Crippen LogP) is 3.37. The molecule has 26 heavy (non-hydrogen) atoms. The van der Waals surface area contributed by atoms with Crippen molar-refractivity contribution in [3.8, 4) is 5.75 Å². The van der Waals surface area contributed by atoms with Gasteiger partial charge < -0.3 is 14.8 Å². The molecular weight excluding hydrogens is 352 g/mol. The number of carbonyl (C=O) groups is 2. The Hall–Kier alpha value is -3.06. The van der Waals surface area contributed by atoms with Crippen molar-refractivity contribution in [3.05, 3.63) is 64.6 Å². The van der Waals surface area contributed by atoms with Crippen LogP contribution in [0.15, 0.2) is 58.4 Å². The molecule has 0 bridgehead atoms. The van der Waals surface area contributed by atoms with E-state index in [0.29, 0.717) is 21.3 Å². The van der Waals surface area contributed by atoms with Crippen LogP contribution < -0.4 is 10.1 Å². The van der Waals surface area contributed by atoms with Gasteiger partial charge in [-0.25, -0.2) is 9.79 Å². The molecule has 0 aliphatic carbocycles. The first-order valence-corrected chi connectivity index (χ1v) is 8.53. The number of benzene rings is 2. The van der Waals surface area contributed by atoms with E-state index in [1.807, 2.05) is 24.3 Å². The zero-order chi connectivity index (χ0) is 18.5. The van der Waals surface area contributed by atoms with E-state index in [9.17, 15) is 9.59 Å². The highest BCUT2D eigenvalue weighted by Crippen LogP contribution is 2.28. The van der Waals surface area contributed by atoms with Gasteiger partial charge in [0.2, 0.25) is 0 Å². The van der Waals surface area contributed by atoms with Gasteiger partial charge in [0.1, 0.15) is 5.75 Å². The number of hydrogen-bond donors (Lipinski definition) is 1. The fourth-order valence-electron chi connectivity index (χ4n) is 2.27. The molecule has 0 aromatic heterocycles. The Kier molecular flexibility index (Phi) is 5.38. The van der Waals surface area contributed by atoms with Crippen LogP contribution in [0.2, 0.25) is 0 Å². The highest BCUT2D eigenvalue weighted by Gasteiger charge is 2.23.